The van der Waals surface area contributed by atoms with Gasteiger partial charge < -0.3 is 24.2 Å². The molecule has 10 heteroatoms. The number of anilines is 1. The van der Waals surface area contributed by atoms with Gasteiger partial charge in [-0.15, -0.1) is 0 Å². The Labute approximate surface area is 282 Å². The van der Waals surface area contributed by atoms with E-state index in [2.05, 4.69) is 72.1 Å². The summed E-state index contributed by atoms with van der Waals surface area (Å²) < 4.78 is 13.2. The number of benzene rings is 2. The van der Waals surface area contributed by atoms with Gasteiger partial charge in [0.2, 0.25) is 5.91 Å². The average molecular weight is 650 g/mol. The SMILES string of the molecule is C=CC(=O)N1CC2(CCN(c3nc(OC4CCN(C(C)C)CC4)nc4c(OCC)c(-c5c(C)ccc6[nH]ncc56)c(C=C)cc34)CC2)C1. The molecule has 4 aromatic rings. The summed E-state index contributed by atoms with van der Waals surface area (Å²) in [5.74, 6) is 1.58. The summed E-state index contributed by atoms with van der Waals surface area (Å²) in [6.45, 7) is 22.2. The standard InChI is InChI=1S/C38H47N7O3/c1-7-26-20-28-34(35(47-9-3)33(26)32-25(6)10-11-30-29(32)21-39-42-30)40-37(48-27-12-16-43(17-13-27)24(4)5)41-36(28)44-18-14-38(15-19-44)22-45(23-38)31(46)8-2/h7-8,10-11,20-21,24,27H,1-2,9,12-19,22-23H2,3-6H3,(H,39,42). The Morgan fingerprint density at radius 1 is 1.08 bits per heavy atom. The van der Waals surface area contributed by atoms with Crippen LogP contribution in [0.2, 0.25) is 0 Å². The highest BCUT2D eigenvalue weighted by Gasteiger charge is 2.46. The molecule has 1 amide bonds. The second kappa shape index (κ2) is 12.9. The van der Waals surface area contributed by atoms with E-state index in [1.807, 2.05) is 24.1 Å². The number of nitrogens with one attached hydrogen (secondary N) is 1. The number of piperidine rings is 2. The molecule has 2 aromatic carbocycles. The molecule has 3 fully saturated rings. The lowest BCUT2D eigenvalue weighted by Crippen LogP contribution is -2.61. The Morgan fingerprint density at radius 3 is 2.50 bits per heavy atom. The number of aromatic amines is 1. The van der Waals surface area contributed by atoms with E-state index >= 15 is 0 Å². The largest absolute Gasteiger partial charge is 0.491 e. The predicted molar refractivity (Wildman–Crippen MR) is 192 cm³/mol. The number of ether oxygens (including phenoxy) is 2. The zero-order chi connectivity index (χ0) is 33.6. The van der Waals surface area contributed by atoms with Crippen LogP contribution in [0.15, 0.2) is 43.6 Å². The van der Waals surface area contributed by atoms with Crippen molar-refractivity contribution >= 4 is 39.6 Å². The highest BCUT2D eigenvalue weighted by molar-refractivity contribution is 6.07. The van der Waals surface area contributed by atoms with Crippen LogP contribution in [0.1, 0.15) is 57.6 Å². The lowest BCUT2D eigenvalue weighted by atomic mass is 9.72. The van der Waals surface area contributed by atoms with Crippen LogP contribution >= 0.6 is 0 Å². The van der Waals surface area contributed by atoms with Gasteiger partial charge in [-0.05, 0) is 88.3 Å². The van der Waals surface area contributed by atoms with Gasteiger partial charge in [0.05, 0.1) is 18.3 Å². The minimum Gasteiger partial charge on any atom is -0.491 e. The summed E-state index contributed by atoms with van der Waals surface area (Å²) in [5, 5.41) is 9.43. The monoisotopic (exact) mass is 649 g/mol. The number of aromatic nitrogens is 4. The molecule has 3 aliphatic heterocycles. The molecular weight excluding hydrogens is 602 g/mol. The van der Waals surface area contributed by atoms with E-state index in [1.54, 1.807) is 0 Å². The van der Waals surface area contributed by atoms with Crippen LogP contribution < -0.4 is 14.4 Å². The maximum atomic E-state index is 12.2. The molecule has 252 valence electrons. The molecule has 0 radical (unpaired) electrons. The van der Waals surface area contributed by atoms with Crippen molar-refractivity contribution in [3.8, 4) is 22.9 Å². The molecule has 2 aromatic heterocycles. The van der Waals surface area contributed by atoms with Gasteiger partial charge in [-0.2, -0.15) is 15.1 Å². The first kappa shape index (κ1) is 32.1. The van der Waals surface area contributed by atoms with Crippen LogP contribution in [0, 0.1) is 12.3 Å². The zero-order valence-corrected chi connectivity index (χ0v) is 28.7. The number of rotatable bonds is 9. The number of hydrogen-bond donors (Lipinski definition) is 1. The first-order chi connectivity index (χ1) is 23.2. The van der Waals surface area contributed by atoms with E-state index in [0.29, 0.717) is 24.4 Å². The van der Waals surface area contributed by atoms with Gasteiger partial charge in [0, 0.05) is 67.1 Å². The number of H-pyrrole nitrogens is 1. The molecule has 0 atom stereocenters. The number of likely N-dealkylation sites (tertiary alicyclic amines) is 2. The van der Waals surface area contributed by atoms with Crippen molar-refractivity contribution in [2.24, 2.45) is 5.41 Å². The lowest BCUT2D eigenvalue weighted by molar-refractivity contribution is -0.139. The predicted octanol–water partition coefficient (Wildman–Crippen LogP) is 6.39. The number of amides is 1. The molecule has 48 heavy (non-hydrogen) atoms. The summed E-state index contributed by atoms with van der Waals surface area (Å²) in [4.78, 5) is 29.3. The van der Waals surface area contributed by atoms with Gasteiger partial charge >= 0.3 is 6.01 Å². The molecule has 1 N–H and O–H groups in total. The first-order valence-corrected chi connectivity index (χ1v) is 17.4. The van der Waals surface area contributed by atoms with Gasteiger partial charge in [-0.25, -0.2) is 0 Å². The second-order valence-corrected chi connectivity index (χ2v) is 14.0. The Kier molecular flexibility index (Phi) is 8.62. The van der Waals surface area contributed by atoms with Crippen molar-refractivity contribution in [2.75, 3.05) is 50.8 Å². The number of carbonyl (C=O) groups is 1. The van der Waals surface area contributed by atoms with Gasteiger partial charge in [-0.1, -0.05) is 25.3 Å². The zero-order valence-electron chi connectivity index (χ0n) is 28.7. The van der Waals surface area contributed by atoms with Gasteiger partial charge in [-0.3, -0.25) is 9.89 Å². The minimum absolute atomic E-state index is 0.0171. The smallest absolute Gasteiger partial charge is 0.319 e. The highest BCUT2D eigenvalue weighted by atomic mass is 16.5. The Morgan fingerprint density at radius 2 is 1.83 bits per heavy atom. The van der Waals surface area contributed by atoms with E-state index < -0.39 is 0 Å². The third-order valence-corrected chi connectivity index (χ3v) is 10.7. The number of carbonyl (C=O) groups excluding carboxylic acids is 1. The van der Waals surface area contributed by atoms with Gasteiger partial charge in [0.15, 0.2) is 5.75 Å². The highest BCUT2D eigenvalue weighted by Crippen LogP contribution is 2.47. The minimum atomic E-state index is 0.0171. The van der Waals surface area contributed by atoms with Crippen molar-refractivity contribution in [2.45, 2.75) is 65.5 Å². The molecule has 3 aliphatic rings. The Hall–Kier alpha value is -4.44. The molecule has 7 rings (SSSR count). The van der Waals surface area contributed by atoms with E-state index in [1.165, 1.54) is 6.08 Å². The maximum absolute atomic E-state index is 12.2. The third-order valence-electron chi connectivity index (χ3n) is 10.7. The topological polar surface area (TPSA) is 99.7 Å². The van der Waals surface area contributed by atoms with Crippen LogP contribution in [-0.2, 0) is 4.79 Å². The van der Waals surface area contributed by atoms with E-state index in [9.17, 15) is 4.79 Å². The molecular formula is C38H47N7O3. The Balaban J connectivity index is 1.33. The number of hydrogen-bond acceptors (Lipinski definition) is 8. The van der Waals surface area contributed by atoms with E-state index in [4.69, 9.17) is 19.4 Å². The molecule has 0 aliphatic carbocycles. The fourth-order valence-corrected chi connectivity index (χ4v) is 7.89. The van der Waals surface area contributed by atoms with E-state index in [0.717, 1.165) is 115 Å². The Bertz CT molecular complexity index is 1860. The maximum Gasteiger partial charge on any atom is 0.319 e. The van der Waals surface area contributed by atoms with Crippen LogP contribution in [-0.4, -0.2) is 93.9 Å². The van der Waals surface area contributed by atoms with Crippen molar-refractivity contribution in [1.82, 2.24) is 30.0 Å². The van der Waals surface area contributed by atoms with Crippen LogP contribution in [0.4, 0.5) is 5.82 Å². The van der Waals surface area contributed by atoms with Gasteiger partial charge in [0.25, 0.3) is 0 Å². The van der Waals surface area contributed by atoms with Crippen LogP contribution in [0.5, 0.6) is 11.8 Å². The van der Waals surface area contributed by atoms with E-state index in [-0.39, 0.29) is 17.4 Å². The molecule has 5 heterocycles. The summed E-state index contributed by atoms with van der Waals surface area (Å²) in [7, 11) is 0. The second-order valence-electron chi connectivity index (χ2n) is 14.0. The summed E-state index contributed by atoms with van der Waals surface area (Å²) in [6, 6.07) is 7.24. The molecule has 0 unspecified atom stereocenters. The summed E-state index contributed by atoms with van der Waals surface area (Å²) in [5.41, 5.74) is 5.91. The molecule has 0 bridgehead atoms. The van der Waals surface area contributed by atoms with Crippen molar-refractivity contribution in [3.63, 3.8) is 0 Å². The van der Waals surface area contributed by atoms with Crippen LogP contribution in [0.25, 0.3) is 39.0 Å². The average Bonchev–Trinajstić information content (AvgIpc) is 3.56. The van der Waals surface area contributed by atoms with Gasteiger partial charge in [0.1, 0.15) is 17.4 Å². The summed E-state index contributed by atoms with van der Waals surface area (Å²) in [6.07, 6.45) is 9.06. The number of aryl methyl sites for hydroxylation is 1. The normalized spacial score (nSPS) is 18.4. The number of nitrogens with zero attached hydrogens (tertiary/aromatic N) is 6. The third kappa shape index (κ3) is 5.70. The quantitative estimate of drug-likeness (QED) is 0.208. The number of fused-ring (bicyclic) bond motifs is 2. The van der Waals surface area contributed by atoms with Crippen molar-refractivity contribution < 1.29 is 14.3 Å². The fourth-order valence-electron chi connectivity index (χ4n) is 7.89. The molecule has 0 saturated carbocycles. The van der Waals surface area contributed by atoms with Crippen LogP contribution in [0.3, 0.4) is 0 Å². The van der Waals surface area contributed by atoms with Crippen molar-refractivity contribution in [3.05, 3.63) is 54.8 Å². The molecule has 10 nitrogen and oxygen atoms in total. The molecule has 1 spiro atoms. The lowest BCUT2D eigenvalue weighted by Gasteiger charge is -2.54. The molecule has 3 saturated heterocycles. The fraction of sp³-hybridized carbons (Fsp3) is 0.474. The summed E-state index contributed by atoms with van der Waals surface area (Å²) >= 11 is 0. The first-order valence-electron chi connectivity index (χ1n) is 17.4. The van der Waals surface area contributed by atoms with Crippen molar-refractivity contribution in [1.29, 1.82) is 0 Å².